The number of rotatable bonds is 13. The lowest BCUT2D eigenvalue weighted by Gasteiger charge is -1.97. The minimum Gasteiger partial charge on any atom is -0.0882 e. The van der Waals surface area contributed by atoms with Gasteiger partial charge in [-0.05, 0) is 32.1 Å². The van der Waals surface area contributed by atoms with Crippen LogP contribution in [0.1, 0.15) is 84.0 Å². The summed E-state index contributed by atoms with van der Waals surface area (Å²) in [5.41, 5.74) is 0. The van der Waals surface area contributed by atoms with Crippen molar-refractivity contribution in [3.8, 4) is 0 Å². The van der Waals surface area contributed by atoms with E-state index in [2.05, 4.69) is 38.2 Å². The van der Waals surface area contributed by atoms with Crippen molar-refractivity contribution in [1.29, 1.82) is 0 Å². The van der Waals surface area contributed by atoms with Crippen LogP contribution < -0.4 is 0 Å². The second-order valence-corrected chi connectivity index (χ2v) is 5.08. The van der Waals surface area contributed by atoms with Crippen LogP contribution in [0.15, 0.2) is 24.3 Å². The normalized spacial score (nSPS) is 11.9. The monoisotopic (exact) mass is 249 g/mol. The Morgan fingerprint density at radius 3 is 1.83 bits per heavy atom. The molecule has 0 aromatic heterocycles. The molecule has 0 amide bonds. The Bertz CT molecular complexity index is 188. The summed E-state index contributed by atoms with van der Waals surface area (Å²) >= 11 is 0. The van der Waals surface area contributed by atoms with Crippen LogP contribution in [0.2, 0.25) is 0 Å². The highest BCUT2D eigenvalue weighted by Gasteiger charge is 1.87. The van der Waals surface area contributed by atoms with Crippen LogP contribution in [0.4, 0.5) is 0 Å². The van der Waals surface area contributed by atoms with E-state index in [1.807, 2.05) is 0 Å². The van der Waals surface area contributed by atoms with E-state index in [9.17, 15) is 0 Å². The van der Waals surface area contributed by atoms with E-state index >= 15 is 0 Å². The van der Waals surface area contributed by atoms with Gasteiger partial charge in [-0.1, -0.05) is 83.1 Å². The summed E-state index contributed by atoms with van der Waals surface area (Å²) in [4.78, 5) is 0. The molecule has 1 radical (unpaired) electrons. The zero-order chi connectivity index (χ0) is 13.3. The predicted molar refractivity (Wildman–Crippen MR) is 84.7 cm³/mol. The fourth-order valence-corrected chi connectivity index (χ4v) is 1.99. The molecular weight excluding hydrogens is 216 g/mol. The highest BCUT2D eigenvalue weighted by atomic mass is 13.9. The van der Waals surface area contributed by atoms with E-state index in [0.29, 0.717) is 0 Å². The van der Waals surface area contributed by atoms with Gasteiger partial charge in [-0.15, -0.1) is 0 Å². The Morgan fingerprint density at radius 1 is 0.667 bits per heavy atom. The van der Waals surface area contributed by atoms with Crippen molar-refractivity contribution in [2.45, 2.75) is 84.0 Å². The van der Waals surface area contributed by atoms with Crippen LogP contribution in [-0.4, -0.2) is 0 Å². The molecule has 0 fully saturated rings. The van der Waals surface area contributed by atoms with Gasteiger partial charge in [0.05, 0.1) is 0 Å². The van der Waals surface area contributed by atoms with Gasteiger partial charge in [0, 0.05) is 0 Å². The van der Waals surface area contributed by atoms with Gasteiger partial charge in [0.1, 0.15) is 0 Å². The Kier molecular flexibility index (Phi) is 16.0. The average Bonchev–Trinajstić information content (AvgIpc) is 2.39. The van der Waals surface area contributed by atoms with Crippen molar-refractivity contribution in [1.82, 2.24) is 0 Å². The van der Waals surface area contributed by atoms with Gasteiger partial charge in [-0.2, -0.15) is 0 Å². The van der Waals surface area contributed by atoms with E-state index < -0.39 is 0 Å². The maximum absolute atomic E-state index is 3.87. The topological polar surface area (TPSA) is 0 Å². The van der Waals surface area contributed by atoms with Gasteiger partial charge in [-0.25, -0.2) is 0 Å². The molecule has 0 rings (SSSR count). The summed E-state index contributed by atoms with van der Waals surface area (Å²) in [6.07, 6.45) is 24.9. The first-order chi connectivity index (χ1) is 8.91. The summed E-state index contributed by atoms with van der Waals surface area (Å²) in [6.45, 7) is 6.12. The van der Waals surface area contributed by atoms with Crippen LogP contribution in [0.5, 0.6) is 0 Å². The molecule has 0 heterocycles. The zero-order valence-electron chi connectivity index (χ0n) is 12.5. The molecular formula is C18H33. The highest BCUT2D eigenvalue weighted by Crippen LogP contribution is 2.07. The molecule has 105 valence electrons. The van der Waals surface area contributed by atoms with Gasteiger partial charge in [-0.3, -0.25) is 0 Å². The molecule has 0 heteroatoms. The summed E-state index contributed by atoms with van der Waals surface area (Å²) in [7, 11) is 0. The van der Waals surface area contributed by atoms with Crippen molar-refractivity contribution in [3.63, 3.8) is 0 Å². The van der Waals surface area contributed by atoms with Crippen LogP contribution in [0, 0.1) is 6.92 Å². The molecule has 0 N–H and O–H groups in total. The van der Waals surface area contributed by atoms with Gasteiger partial charge >= 0.3 is 0 Å². The Labute approximate surface area is 116 Å². The van der Waals surface area contributed by atoms with E-state index in [0.717, 1.165) is 12.8 Å². The van der Waals surface area contributed by atoms with E-state index in [1.165, 1.54) is 64.2 Å². The molecule has 0 aliphatic heterocycles. The molecule has 0 saturated heterocycles. The van der Waals surface area contributed by atoms with Crippen molar-refractivity contribution in [2.24, 2.45) is 0 Å². The Balaban J connectivity index is 3.13. The quantitative estimate of drug-likeness (QED) is 0.254. The second kappa shape index (κ2) is 16.5. The maximum Gasteiger partial charge on any atom is -0.0169 e. The number of hydrogen-bond acceptors (Lipinski definition) is 0. The second-order valence-electron chi connectivity index (χ2n) is 5.08. The molecule has 18 heavy (non-hydrogen) atoms. The van der Waals surface area contributed by atoms with Crippen LogP contribution in [-0.2, 0) is 0 Å². The number of unbranched alkanes of at least 4 members (excludes halogenated alkanes) is 9. The standard InChI is InChI=1S/C18H33/c1-3-5-7-9-11-13-15-17-18-16-14-12-10-8-6-4-2/h12,14,17-18H,1,3-11,13,15-16H2,2H3/b14-12+,18-17-. The minimum atomic E-state index is 1.10. The number of hydrogen-bond donors (Lipinski definition) is 0. The molecule has 0 atom stereocenters. The molecule has 0 spiro atoms. The maximum atomic E-state index is 3.87. The van der Waals surface area contributed by atoms with Gasteiger partial charge in [0.15, 0.2) is 0 Å². The van der Waals surface area contributed by atoms with E-state index in [4.69, 9.17) is 0 Å². The van der Waals surface area contributed by atoms with E-state index in [1.54, 1.807) is 0 Å². The first-order valence-electron chi connectivity index (χ1n) is 8.01. The fraction of sp³-hybridized carbons (Fsp3) is 0.722. The van der Waals surface area contributed by atoms with Crippen LogP contribution in [0.25, 0.3) is 0 Å². The van der Waals surface area contributed by atoms with Gasteiger partial charge in [0.2, 0.25) is 0 Å². The Hall–Kier alpha value is -0.520. The van der Waals surface area contributed by atoms with Crippen molar-refractivity contribution in [2.75, 3.05) is 0 Å². The average molecular weight is 249 g/mol. The van der Waals surface area contributed by atoms with Crippen molar-refractivity contribution < 1.29 is 0 Å². The van der Waals surface area contributed by atoms with E-state index in [-0.39, 0.29) is 0 Å². The lowest BCUT2D eigenvalue weighted by Crippen LogP contribution is -1.77. The smallest absolute Gasteiger partial charge is 0.0169 e. The van der Waals surface area contributed by atoms with Gasteiger partial charge < -0.3 is 0 Å². The molecule has 0 aliphatic rings. The van der Waals surface area contributed by atoms with Crippen LogP contribution >= 0.6 is 0 Å². The summed E-state index contributed by atoms with van der Waals surface area (Å²) < 4.78 is 0. The SMILES string of the molecule is [CH2]CCCCCCC/C=C\C/C=C/CCCCC. The third-order valence-corrected chi connectivity index (χ3v) is 3.20. The zero-order valence-corrected chi connectivity index (χ0v) is 12.5. The lowest BCUT2D eigenvalue weighted by atomic mass is 10.1. The van der Waals surface area contributed by atoms with Gasteiger partial charge in [0.25, 0.3) is 0 Å². The summed E-state index contributed by atoms with van der Waals surface area (Å²) in [6, 6.07) is 0. The van der Waals surface area contributed by atoms with Crippen molar-refractivity contribution in [3.05, 3.63) is 31.2 Å². The third kappa shape index (κ3) is 15.5. The minimum absolute atomic E-state index is 1.10. The third-order valence-electron chi connectivity index (χ3n) is 3.20. The highest BCUT2D eigenvalue weighted by molar-refractivity contribution is 4.92. The summed E-state index contributed by atoms with van der Waals surface area (Å²) in [5.74, 6) is 0. The molecule has 0 aromatic rings. The molecule has 0 nitrogen and oxygen atoms in total. The Morgan fingerprint density at radius 2 is 1.22 bits per heavy atom. The summed E-state index contributed by atoms with van der Waals surface area (Å²) in [5, 5.41) is 0. The number of allylic oxidation sites excluding steroid dienone is 4. The lowest BCUT2D eigenvalue weighted by molar-refractivity contribution is 0.621. The fourth-order valence-electron chi connectivity index (χ4n) is 1.99. The molecule has 0 aliphatic carbocycles. The van der Waals surface area contributed by atoms with Crippen LogP contribution in [0.3, 0.4) is 0 Å². The molecule has 0 saturated carbocycles. The predicted octanol–water partition coefficient (Wildman–Crippen LogP) is 6.63. The first kappa shape index (κ1) is 17.5. The van der Waals surface area contributed by atoms with Crippen molar-refractivity contribution >= 4 is 0 Å². The molecule has 0 aromatic carbocycles. The molecule has 0 bridgehead atoms. The first-order valence-corrected chi connectivity index (χ1v) is 8.01. The largest absolute Gasteiger partial charge is 0.0882 e. The molecule has 0 unspecified atom stereocenters.